The average molecular weight is 432 g/mol. The van der Waals surface area contributed by atoms with Crippen molar-refractivity contribution in [1.82, 2.24) is 14.7 Å². The molecule has 1 amide bonds. The van der Waals surface area contributed by atoms with Gasteiger partial charge in [-0.25, -0.2) is 13.5 Å². The summed E-state index contributed by atoms with van der Waals surface area (Å²) in [6.45, 7) is 5.75. The van der Waals surface area contributed by atoms with E-state index in [1.165, 1.54) is 11.9 Å². The number of carbonyl (C=O) groups is 1. The van der Waals surface area contributed by atoms with Gasteiger partial charge in [0.25, 0.3) is 12.3 Å². The van der Waals surface area contributed by atoms with Crippen LogP contribution in [0.1, 0.15) is 47.8 Å². The van der Waals surface area contributed by atoms with Crippen molar-refractivity contribution in [2.75, 3.05) is 0 Å². The minimum absolute atomic E-state index is 0.174. The van der Waals surface area contributed by atoms with E-state index in [0.717, 1.165) is 0 Å². The zero-order valence-corrected chi connectivity index (χ0v) is 16.7. The van der Waals surface area contributed by atoms with Crippen molar-refractivity contribution in [1.29, 1.82) is 0 Å². The monoisotopic (exact) mass is 431 g/mol. The number of alkyl halides is 2. The van der Waals surface area contributed by atoms with Crippen LogP contribution in [0.2, 0.25) is 10.0 Å². The highest BCUT2D eigenvalue weighted by atomic mass is 35.5. The Morgan fingerprint density at radius 1 is 1.32 bits per heavy atom. The molecule has 28 heavy (non-hydrogen) atoms. The third-order valence-electron chi connectivity index (χ3n) is 4.81. The standard InChI is InChI=1S/C19H18Cl2F3N3O/c1-9(11-4-7-13(20)14(21)8-11)10(2)27(12-5-6-12)19(28)15-16(17(22)23)25-26(3)18(15)24/h4,7-8,10,12,17H,1,5-6H2,2-3H3. The van der Waals surface area contributed by atoms with Crippen molar-refractivity contribution in [3.63, 3.8) is 0 Å². The number of aromatic nitrogens is 2. The topological polar surface area (TPSA) is 38.1 Å². The predicted octanol–water partition coefficient (Wildman–Crippen LogP) is 5.51. The molecule has 0 N–H and O–H groups in total. The molecule has 1 aromatic heterocycles. The van der Waals surface area contributed by atoms with Crippen LogP contribution < -0.4 is 0 Å². The van der Waals surface area contributed by atoms with Crippen LogP contribution in [0, 0.1) is 5.95 Å². The molecule has 1 aliphatic rings. The van der Waals surface area contributed by atoms with Crippen LogP contribution in [0.4, 0.5) is 13.2 Å². The quantitative estimate of drug-likeness (QED) is 0.604. The molecule has 1 fully saturated rings. The minimum atomic E-state index is -3.07. The first-order valence-corrected chi connectivity index (χ1v) is 9.36. The van der Waals surface area contributed by atoms with E-state index in [1.54, 1.807) is 25.1 Å². The highest BCUT2D eigenvalue weighted by Crippen LogP contribution is 2.36. The molecule has 1 heterocycles. The van der Waals surface area contributed by atoms with Crippen LogP contribution in [0.15, 0.2) is 24.8 Å². The second kappa shape index (κ2) is 7.79. The maximum absolute atomic E-state index is 14.4. The lowest BCUT2D eigenvalue weighted by Crippen LogP contribution is -2.41. The fourth-order valence-electron chi connectivity index (χ4n) is 3.12. The van der Waals surface area contributed by atoms with Gasteiger partial charge in [0.05, 0.1) is 16.1 Å². The molecule has 1 atom stereocenters. The molecule has 150 valence electrons. The van der Waals surface area contributed by atoms with E-state index in [2.05, 4.69) is 11.7 Å². The number of nitrogens with zero attached hydrogens (tertiary/aromatic N) is 3. The lowest BCUT2D eigenvalue weighted by atomic mass is 9.99. The Balaban J connectivity index is 1.97. The van der Waals surface area contributed by atoms with Gasteiger partial charge in [0.2, 0.25) is 5.95 Å². The number of carbonyl (C=O) groups excluding carboxylic acids is 1. The molecule has 1 unspecified atom stereocenters. The average Bonchev–Trinajstić information content (AvgIpc) is 3.42. The van der Waals surface area contributed by atoms with E-state index < -0.39 is 35.6 Å². The molecule has 0 bridgehead atoms. The molecule has 4 nitrogen and oxygen atoms in total. The van der Waals surface area contributed by atoms with Crippen molar-refractivity contribution in [2.45, 2.75) is 38.3 Å². The van der Waals surface area contributed by atoms with E-state index >= 15 is 0 Å². The maximum Gasteiger partial charge on any atom is 0.283 e. The zero-order chi connectivity index (χ0) is 20.7. The largest absolute Gasteiger partial charge is 0.329 e. The van der Waals surface area contributed by atoms with Gasteiger partial charge in [0.1, 0.15) is 11.3 Å². The first-order valence-electron chi connectivity index (χ1n) is 8.60. The van der Waals surface area contributed by atoms with E-state index in [0.29, 0.717) is 38.7 Å². The van der Waals surface area contributed by atoms with Gasteiger partial charge >= 0.3 is 0 Å². The first-order chi connectivity index (χ1) is 13.1. The second-order valence-corrected chi connectivity index (χ2v) is 7.56. The summed E-state index contributed by atoms with van der Waals surface area (Å²) in [5.74, 6) is -1.91. The highest BCUT2D eigenvalue weighted by molar-refractivity contribution is 6.42. The summed E-state index contributed by atoms with van der Waals surface area (Å²) in [5.41, 5.74) is -0.357. The number of halogens is 5. The van der Waals surface area contributed by atoms with Crippen LogP contribution in [0.3, 0.4) is 0 Å². The van der Waals surface area contributed by atoms with E-state index in [4.69, 9.17) is 23.2 Å². The molecular formula is C19H18Cl2F3N3O. The fraction of sp³-hybridized carbons (Fsp3) is 0.368. The number of rotatable bonds is 6. The molecule has 0 aliphatic heterocycles. The van der Waals surface area contributed by atoms with Crippen LogP contribution >= 0.6 is 23.2 Å². The molecule has 1 saturated carbocycles. The molecule has 3 rings (SSSR count). The molecule has 0 spiro atoms. The van der Waals surface area contributed by atoms with Crippen molar-refractivity contribution >= 4 is 34.7 Å². The number of aryl methyl sites for hydroxylation is 1. The molecular weight excluding hydrogens is 414 g/mol. The molecule has 2 aromatic rings. The fourth-order valence-corrected chi connectivity index (χ4v) is 3.42. The maximum atomic E-state index is 14.4. The molecule has 9 heteroatoms. The Morgan fingerprint density at radius 3 is 2.50 bits per heavy atom. The third kappa shape index (κ3) is 3.78. The molecule has 1 aromatic carbocycles. The summed E-state index contributed by atoms with van der Waals surface area (Å²) in [6.07, 6.45) is -1.66. The predicted molar refractivity (Wildman–Crippen MR) is 102 cm³/mol. The van der Waals surface area contributed by atoms with Gasteiger partial charge in [-0.3, -0.25) is 4.79 Å². The van der Waals surface area contributed by atoms with Crippen LogP contribution in [0.25, 0.3) is 5.57 Å². The number of hydrogen-bond acceptors (Lipinski definition) is 2. The molecule has 0 saturated heterocycles. The zero-order valence-electron chi connectivity index (χ0n) is 15.2. The third-order valence-corrected chi connectivity index (χ3v) is 5.55. The van der Waals surface area contributed by atoms with Gasteiger partial charge in [-0.05, 0) is 43.0 Å². The Labute approximate surface area is 170 Å². The summed E-state index contributed by atoms with van der Waals surface area (Å²) < 4.78 is 41.7. The van der Waals surface area contributed by atoms with Crippen molar-refractivity contribution in [2.24, 2.45) is 7.05 Å². The summed E-state index contributed by atoms with van der Waals surface area (Å²) >= 11 is 12.0. The van der Waals surface area contributed by atoms with Gasteiger partial charge in [-0.2, -0.15) is 9.49 Å². The summed E-state index contributed by atoms with van der Waals surface area (Å²) in [6, 6.07) is 4.19. The van der Waals surface area contributed by atoms with E-state index in [-0.39, 0.29) is 6.04 Å². The van der Waals surface area contributed by atoms with E-state index in [9.17, 15) is 18.0 Å². The lowest BCUT2D eigenvalue weighted by molar-refractivity contribution is 0.0698. The Kier molecular flexibility index (Phi) is 5.77. The van der Waals surface area contributed by atoms with Crippen LogP contribution in [0.5, 0.6) is 0 Å². The molecule has 0 radical (unpaired) electrons. The van der Waals surface area contributed by atoms with Gasteiger partial charge in [-0.15, -0.1) is 0 Å². The van der Waals surface area contributed by atoms with Gasteiger partial charge < -0.3 is 4.90 Å². The Morgan fingerprint density at radius 2 is 1.96 bits per heavy atom. The van der Waals surface area contributed by atoms with Crippen molar-refractivity contribution in [3.05, 3.63) is 57.6 Å². The summed E-state index contributed by atoms with van der Waals surface area (Å²) in [5, 5.41) is 4.17. The van der Waals surface area contributed by atoms with Crippen molar-refractivity contribution in [3.8, 4) is 0 Å². The normalized spacial score (nSPS) is 15.0. The highest BCUT2D eigenvalue weighted by Gasteiger charge is 2.41. The minimum Gasteiger partial charge on any atom is -0.329 e. The Bertz CT molecular complexity index is 941. The van der Waals surface area contributed by atoms with Gasteiger partial charge in [0.15, 0.2) is 0 Å². The number of benzene rings is 1. The van der Waals surface area contributed by atoms with Gasteiger partial charge in [0, 0.05) is 13.1 Å². The number of amides is 1. The first kappa shape index (κ1) is 20.7. The van der Waals surface area contributed by atoms with Crippen molar-refractivity contribution < 1.29 is 18.0 Å². The summed E-state index contributed by atoms with van der Waals surface area (Å²) in [4.78, 5) is 14.5. The Hall–Kier alpha value is -1.99. The van der Waals surface area contributed by atoms with Gasteiger partial charge in [-0.1, -0.05) is 35.8 Å². The lowest BCUT2D eigenvalue weighted by Gasteiger charge is -2.31. The number of hydrogen-bond donors (Lipinski definition) is 0. The second-order valence-electron chi connectivity index (χ2n) is 6.75. The SMILES string of the molecule is C=C(c1ccc(Cl)c(Cl)c1)C(C)N(C(=O)c1c(C(F)F)nn(C)c1F)C1CC1. The van der Waals surface area contributed by atoms with Crippen LogP contribution in [-0.4, -0.2) is 32.7 Å². The smallest absolute Gasteiger partial charge is 0.283 e. The molecule has 1 aliphatic carbocycles. The van der Waals surface area contributed by atoms with E-state index in [1.807, 2.05) is 0 Å². The summed E-state index contributed by atoms with van der Waals surface area (Å²) in [7, 11) is 1.18. The van der Waals surface area contributed by atoms with Crippen LogP contribution in [-0.2, 0) is 7.05 Å².